The molecule has 5 rings (SSSR count). The molecule has 0 aliphatic carbocycles. The SMILES string of the molecule is O=C(Nc1cccc(Cn2cccn2)c1)c1ccc(COc2ccc3c(c2)OCO3)o1. The molecule has 156 valence electrons. The number of fused-ring (bicyclic) bond motifs is 1. The second-order valence-electron chi connectivity index (χ2n) is 6.93. The zero-order chi connectivity index (χ0) is 21.0. The van der Waals surface area contributed by atoms with Crippen molar-refractivity contribution in [3.63, 3.8) is 0 Å². The lowest BCUT2D eigenvalue weighted by atomic mass is 10.2. The summed E-state index contributed by atoms with van der Waals surface area (Å²) in [6.07, 6.45) is 3.62. The lowest BCUT2D eigenvalue weighted by Crippen LogP contribution is -2.11. The van der Waals surface area contributed by atoms with Crippen LogP contribution in [0.2, 0.25) is 0 Å². The first-order chi connectivity index (χ1) is 15.2. The van der Waals surface area contributed by atoms with Crippen molar-refractivity contribution in [2.75, 3.05) is 12.1 Å². The van der Waals surface area contributed by atoms with Gasteiger partial charge in [-0.05, 0) is 48.0 Å². The standard InChI is InChI=1S/C23H19N3O5/c27-23(25-17-4-1-3-16(11-17)13-26-10-2-9-24-26)21-8-6-19(31-21)14-28-18-5-7-20-22(12-18)30-15-29-20/h1-12H,13-15H2,(H,25,27). The molecule has 2 aromatic heterocycles. The highest BCUT2D eigenvalue weighted by molar-refractivity contribution is 6.02. The molecule has 3 heterocycles. The Bertz CT molecular complexity index is 1200. The predicted octanol–water partition coefficient (Wildman–Crippen LogP) is 4.08. The average Bonchev–Trinajstić information content (AvgIpc) is 3.54. The number of amides is 1. The molecule has 0 unspecified atom stereocenters. The summed E-state index contributed by atoms with van der Waals surface area (Å²) in [5.74, 6) is 2.38. The molecule has 4 aromatic rings. The number of nitrogens with zero attached hydrogens (tertiary/aromatic N) is 2. The van der Waals surface area contributed by atoms with Gasteiger partial charge < -0.3 is 23.9 Å². The van der Waals surface area contributed by atoms with Crippen LogP contribution in [0.4, 0.5) is 5.69 Å². The third-order valence-electron chi connectivity index (χ3n) is 4.70. The van der Waals surface area contributed by atoms with E-state index in [0.717, 1.165) is 5.56 Å². The third-order valence-corrected chi connectivity index (χ3v) is 4.70. The van der Waals surface area contributed by atoms with Crippen molar-refractivity contribution in [1.29, 1.82) is 0 Å². The molecule has 0 bridgehead atoms. The zero-order valence-corrected chi connectivity index (χ0v) is 16.5. The van der Waals surface area contributed by atoms with Crippen LogP contribution >= 0.6 is 0 Å². The predicted molar refractivity (Wildman–Crippen MR) is 111 cm³/mol. The van der Waals surface area contributed by atoms with Gasteiger partial charge in [-0.1, -0.05) is 12.1 Å². The Morgan fingerprint density at radius 2 is 2.00 bits per heavy atom. The first-order valence-corrected chi connectivity index (χ1v) is 9.72. The van der Waals surface area contributed by atoms with E-state index in [1.165, 1.54) is 0 Å². The number of rotatable bonds is 7. The third kappa shape index (κ3) is 4.37. The van der Waals surface area contributed by atoms with Crippen LogP contribution in [0, 0.1) is 0 Å². The fraction of sp³-hybridized carbons (Fsp3) is 0.130. The van der Waals surface area contributed by atoms with Crippen molar-refractivity contribution < 1.29 is 23.4 Å². The summed E-state index contributed by atoms with van der Waals surface area (Å²) in [6.45, 7) is 1.02. The molecular formula is C23H19N3O5. The van der Waals surface area contributed by atoms with Crippen LogP contribution < -0.4 is 19.5 Å². The van der Waals surface area contributed by atoms with Crippen LogP contribution in [-0.4, -0.2) is 22.5 Å². The highest BCUT2D eigenvalue weighted by atomic mass is 16.7. The van der Waals surface area contributed by atoms with Gasteiger partial charge in [0.15, 0.2) is 17.3 Å². The summed E-state index contributed by atoms with van der Waals surface area (Å²) in [7, 11) is 0. The summed E-state index contributed by atoms with van der Waals surface area (Å²) in [5, 5.41) is 7.06. The quantitative estimate of drug-likeness (QED) is 0.487. The number of carbonyl (C=O) groups excluding carboxylic acids is 1. The summed E-state index contributed by atoms with van der Waals surface area (Å²) in [4.78, 5) is 12.6. The number of carbonyl (C=O) groups is 1. The van der Waals surface area contributed by atoms with Gasteiger partial charge in [0.1, 0.15) is 18.1 Å². The van der Waals surface area contributed by atoms with Crippen molar-refractivity contribution >= 4 is 11.6 Å². The Balaban J connectivity index is 1.19. The van der Waals surface area contributed by atoms with Crippen LogP contribution in [0.1, 0.15) is 21.9 Å². The second kappa shape index (κ2) is 8.27. The van der Waals surface area contributed by atoms with Gasteiger partial charge in [-0.3, -0.25) is 9.48 Å². The van der Waals surface area contributed by atoms with Crippen molar-refractivity contribution in [3.05, 3.63) is 90.1 Å². The molecule has 0 fully saturated rings. The highest BCUT2D eigenvalue weighted by Gasteiger charge is 2.15. The molecule has 1 amide bonds. The molecule has 0 atom stereocenters. The second-order valence-corrected chi connectivity index (χ2v) is 6.93. The van der Waals surface area contributed by atoms with E-state index in [0.29, 0.717) is 35.2 Å². The minimum absolute atomic E-state index is 0.187. The van der Waals surface area contributed by atoms with Crippen molar-refractivity contribution in [1.82, 2.24) is 9.78 Å². The maximum atomic E-state index is 12.6. The number of anilines is 1. The topological polar surface area (TPSA) is 87.8 Å². The van der Waals surface area contributed by atoms with E-state index in [2.05, 4.69) is 10.4 Å². The smallest absolute Gasteiger partial charge is 0.291 e. The molecule has 1 N–H and O–H groups in total. The fourth-order valence-electron chi connectivity index (χ4n) is 3.22. The van der Waals surface area contributed by atoms with Gasteiger partial charge in [-0.2, -0.15) is 5.10 Å². The van der Waals surface area contributed by atoms with E-state index in [9.17, 15) is 4.79 Å². The Labute approximate surface area is 178 Å². The molecular weight excluding hydrogens is 398 g/mol. The molecule has 0 radical (unpaired) electrons. The van der Waals surface area contributed by atoms with E-state index in [-0.39, 0.29) is 25.1 Å². The van der Waals surface area contributed by atoms with E-state index < -0.39 is 0 Å². The monoisotopic (exact) mass is 417 g/mol. The Hall–Kier alpha value is -4.20. The Kier molecular flexibility index (Phi) is 5.02. The largest absolute Gasteiger partial charge is 0.486 e. The fourth-order valence-corrected chi connectivity index (χ4v) is 3.22. The number of hydrogen-bond acceptors (Lipinski definition) is 6. The molecule has 0 saturated carbocycles. The van der Waals surface area contributed by atoms with Crippen LogP contribution in [0.15, 0.2) is 77.5 Å². The molecule has 8 heteroatoms. The van der Waals surface area contributed by atoms with Crippen LogP contribution in [0.3, 0.4) is 0 Å². The van der Waals surface area contributed by atoms with Gasteiger partial charge in [-0.15, -0.1) is 0 Å². The molecule has 1 aliphatic heterocycles. The normalized spacial score (nSPS) is 12.0. The maximum Gasteiger partial charge on any atom is 0.291 e. The zero-order valence-electron chi connectivity index (χ0n) is 16.5. The van der Waals surface area contributed by atoms with Gasteiger partial charge in [0.05, 0.1) is 6.54 Å². The number of aromatic nitrogens is 2. The highest BCUT2D eigenvalue weighted by Crippen LogP contribution is 2.35. The van der Waals surface area contributed by atoms with Gasteiger partial charge in [0.2, 0.25) is 6.79 Å². The summed E-state index contributed by atoms with van der Waals surface area (Å²) >= 11 is 0. The number of furan rings is 1. The number of benzene rings is 2. The van der Waals surface area contributed by atoms with E-state index >= 15 is 0 Å². The average molecular weight is 417 g/mol. The number of hydrogen-bond donors (Lipinski definition) is 1. The Morgan fingerprint density at radius 1 is 1.06 bits per heavy atom. The molecule has 31 heavy (non-hydrogen) atoms. The molecule has 2 aromatic carbocycles. The van der Waals surface area contributed by atoms with Gasteiger partial charge in [-0.25, -0.2) is 0 Å². The first-order valence-electron chi connectivity index (χ1n) is 9.72. The minimum Gasteiger partial charge on any atom is -0.486 e. The summed E-state index contributed by atoms with van der Waals surface area (Å²) in [6, 6.07) is 18.2. The summed E-state index contributed by atoms with van der Waals surface area (Å²) in [5.41, 5.74) is 1.71. The van der Waals surface area contributed by atoms with E-state index in [1.54, 1.807) is 36.5 Å². The maximum absolute atomic E-state index is 12.6. The summed E-state index contributed by atoms with van der Waals surface area (Å²) < 4.78 is 23.8. The Morgan fingerprint density at radius 3 is 2.90 bits per heavy atom. The van der Waals surface area contributed by atoms with Gasteiger partial charge >= 0.3 is 0 Å². The number of ether oxygens (including phenoxy) is 3. The molecule has 1 aliphatic rings. The molecule has 0 spiro atoms. The van der Waals surface area contributed by atoms with E-state index in [1.807, 2.05) is 41.2 Å². The minimum atomic E-state index is -0.328. The van der Waals surface area contributed by atoms with E-state index in [4.69, 9.17) is 18.6 Å². The molecule has 0 saturated heterocycles. The van der Waals surface area contributed by atoms with Crippen molar-refractivity contribution in [3.8, 4) is 17.2 Å². The lowest BCUT2D eigenvalue weighted by Gasteiger charge is -2.07. The van der Waals surface area contributed by atoms with Crippen molar-refractivity contribution in [2.45, 2.75) is 13.2 Å². The van der Waals surface area contributed by atoms with Crippen LogP contribution in [0.5, 0.6) is 17.2 Å². The lowest BCUT2D eigenvalue weighted by molar-refractivity contribution is 0.0992. The van der Waals surface area contributed by atoms with Crippen molar-refractivity contribution in [2.24, 2.45) is 0 Å². The van der Waals surface area contributed by atoms with Crippen LogP contribution in [0.25, 0.3) is 0 Å². The molecule has 8 nitrogen and oxygen atoms in total. The first kappa shape index (κ1) is 18.8. The van der Waals surface area contributed by atoms with Gasteiger partial charge in [0, 0.05) is 24.1 Å². The van der Waals surface area contributed by atoms with Crippen LogP contribution in [-0.2, 0) is 13.2 Å². The number of nitrogens with one attached hydrogen (secondary N) is 1. The van der Waals surface area contributed by atoms with Gasteiger partial charge in [0.25, 0.3) is 5.91 Å².